The molecular weight excluding hydrogens is 244 g/mol. The number of aliphatic hydroxyl groups excluding tert-OH is 1. The molecule has 2 amide bonds. The molecule has 104 valence electrons. The highest BCUT2D eigenvalue weighted by atomic mass is 16.3. The third-order valence-electron chi connectivity index (χ3n) is 2.73. The molecule has 0 unspecified atom stereocenters. The second kappa shape index (κ2) is 6.89. The quantitative estimate of drug-likeness (QED) is 0.713. The lowest BCUT2D eigenvalue weighted by atomic mass is 10.1. The molecule has 0 saturated carbocycles. The normalized spacial score (nSPS) is 11.8. The van der Waals surface area contributed by atoms with Crippen molar-refractivity contribution in [1.82, 2.24) is 5.32 Å². The largest absolute Gasteiger partial charge is 0.394 e. The molecular formula is C14H20N2O3. The van der Waals surface area contributed by atoms with Crippen molar-refractivity contribution in [2.45, 2.75) is 33.2 Å². The summed E-state index contributed by atoms with van der Waals surface area (Å²) in [6.07, 6.45) is 0.569. The lowest BCUT2D eigenvalue weighted by Crippen LogP contribution is -2.43. The molecule has 0 spiro atoms. The van der Waals surface area contributed by atoms with Gasteiger partial charge in [0, 0.05) is 5.69 Å². The summed E-state index contributed by atoms with van der Waals surface area (Å²) < 4.78 is 0. The van der Waals surface area contributed by atoms with Crippen LogP contribution in [0.5, 0.6) is 0 Å². The topological polar surface area (TPSA) is 78.4 Å². The summed E-state index contributed by atoms with van der Waals surface area (Å²) >= 11 is 0. The number of aryl methyl sites for hydroxylation is 2. The van der Waals surface area contributed by atoms with Crippen LogP contribution in [-0.4, -0.2) is 29.6 Å². The summed E-state index contributed by atoms with van der Waals surface area (Å²) in [6.45, 7) is 5.48. The van der Waals surface area contributed by atoms with Crippen LogP contribution in [0.15, 0.2) is 18.2 Å². The van der Waals surface area contributed by atoms with Gasteiger partial charge in [0.15, 0.2) is 0 Å². The lowest BCUT2D eigenvalue weighted by Gasteiger charge is -2.13. The molecule has 1 atom stereocenters. The predicted molar refractivity (Wildman–Crippen MR) is 73.9 cm³/mol. The minimum absolute atomic E-state index is 0.181. The highest BCUT2D eigenvalue weighted by Gasteiger charge is 2.17. The number of carbonyl (C=O) groups excluding carboxylic acids is 2. The van der Waals surface area contributed by atoms with Crippen molar-refractivity contribution in [3.8, 4) is 0 Å². The zero-order valence-electron chi connectivity index (χ0n) is 11.5. The Hall–Kier alpha value is -1.88. The van der Waals surface area contributed by atoms with Gasteiger partial charge in [0.1, 0.15) is 0 Å². The van der Waals surface area contributed by atoms with Gasteiger partial charge >= 0.3 is 11.8 Å². The summed E-state index contributed by atoms with van der Waals surface area (Å²) in [5, 5.41) is 14.0. The molecule has 0 radical (unpaired) electrons. The monoisotopic (exact) mass is 264 g/mol. The SMILES string of the molecule is CC[C@@H](CO)NC(=O)C(=O)Nc1cc(C)cc(C)c1. The molecule has 0 aliphatic carbocycles. The number of hydrogen-bond donors (Lipinski definition) is 3. The van der Waals surface area contributed by atoms with E-state index in [4.69, 9.17) is 5.11 Å². The number of amides is 2. The van der Waals surface area contributed by atoms with Crippen molar-refractivity contribution in [3.63, 3.8) is 0 Å². The van der Waals surface area contributed by atoms with E-state index in [1.807, 2.05) is 26.8 Å². The van der Waals surface area contributed by atoms with E-state index in [1.54, 1.807) is 12.1 Å². The van der Waals surface area contributed by atoms with E-state index in [9.17, 15) is 9.59 Å². The van der Waals surface area contributed by atoms with Crippen LogP contribution in [0, 0.1) is 13.8 Å². The molecule has 0 saturated heterocycles. The van der Waals surface area contributed by atoms with E-state index in [2.05, 4.69) is 10.6 Å². The van der Waals surface area contributed by atoms with Crippen molar-refractivity contribution >= 4 is 17.5 Å². The third-order valence-corrected chi connectivity index (χ3v) is 2.73. The van der Waals surface area contributed by atoms with Crippen LogP contribution < -0.4 is 10.6 Å². The average Bonchev–Trinajstić information content (AvgIpc) is 2.34. The molecule has 0 aliphatic heterocycles. The summed E-state index contributed by atoms with van der Waals surface area (Å²) in [4.78, 5) is 23.3. The fourth-order valence-corrected chi connectivity index (χ4v) is 1.76. The first-order valence-electron chi connectivity index (χ1n) is 6.27. The molecule has 0 fully saturated rings. The first-order valence-corrected chi connectivity index (χ1v) is 6.27. The Balaban J connectivity index is 2.66. The first-order chi connectivity index (χ1) is 8.96. The summed E-state index contributed by atoms with van der Waals surface area (Å²) in [7, 11) is 0. The third kappa shape index (κ3) is 4.71. The zero-order valence-corrected chi connectivity index (χ0v) is 11.5. The van der Waals surface area contributed by atoms with Crippen LogP contribution in [0.2, 0.25) is 0 Å². The van der Waals surface area contributed by atoms with Crippen molar-refractivity contribution in [2.75, 3.05) is 11.9 Å². The van der Waals surface area contributed by atoms with Crippen molar-refractivity contribution < 1.29 is 14.7 Å². The molecule has 5 nitrogen and oxygen atoms in total. The number of hydrogen-bond acceptors (Lipinski definition) is 3. The molecule has 19 heavy (non-hydrogen) atoms. The summed E-state index contributed by atoms with van der Waals surface area (Å²) in [6, 6.07) is 5.18. The second-order valence-electron chi connectivity index (χ2n) is 4.59. The van der Waals surface area contributed by atoms with Crippen LogP contribution in [0.25, 0.3) is 0 Å². The zero-order chi connectivity index (χ0) is 14.4. The van der Waals surface area contributed by atoms with Gasteiger partial charge < -0.3 is 15.7 Å². The Morgan fingerprint density at radius 1 is 1.16 bits per heavy atom. The molecule has 1 rings (SSSR count). The first kappa shape index (κ1) is 15.2. The average molecular weight is 264 g/mol. The maximum absolute atomic E-state index is 11.7. The van der Waals surface area contributed by atoms with Gasteiger partial charge in [-0.15, -0.1) is 0 Å². The van der Waals surface area contributed by atoms with Crippen molar-refractivity contribution in [2.24, 2.45) is 0 Å². The highest BCUT2D eigenvalue weighted by Crippen LogP contribution is 2.13. The van der Waals surface area contributed by atoms with Crippen LogP contribution in [-0.2, 0) is 9.59 Å². The van der Waals surface area contributed by atoms with Crippen molar-refractivity contribution in [1.29, 1.82) is 0 Å². The summed E-state index contributed by atoms with van der Waals surface area (Å²) in [5.41, 5.74) is 2.62. The Morgan fingerprint density at radius 2 is 1.74 bits per heavy atom. The van der Waals surface area contributed by atoms with Crippen LogP contribution in [0.1, 0.15) is 24.5 Å². The number of benzene rings is 1. The highest BCUT2D eigenvalue weighted by molar-refractivity contribution is 6.39. The molecule has 0 bridgehead atoms. The van der Waals surface area contributed by atoms with Gasteiger partial charge in [-0.1, -0.05) is 13.0 Å². The van der Waals surface area contributed by atoms with Crippen LogP contribution >= 0.6 is 0 Å². The van der Waals surface area contributed by atoms with Gasteiger partial charge in [-0.25, -0.2) is 0 Å². The minimum Gasteiger partial charge on any atom is -0.394 e. The number of rotatable bonds is 4. The molecule has 0 aromatic heterocycles. The number of nitrogens with one attached hydrogen (secondary N) is 2. The van der Waals surface area contributed by atoms with E-state index in [0.29, 0.717) is 12.1 Å². The molecule has 0 aliphatic rings. The van der Waals surface area contributed by atoms with Crippen molar-refractivity contribution in [3.05, 3.63) is 29.3 Å². The van der Waals surface area contributed by atoms with E-state index in [0.717, 1.165) is 11.1 Å². The van der Waals surface area contributed by atoms with E-state index >= 15 is 0 Å². The molecule has 0 heterocycles. The van der Waals surface area contributed by atoms with E-state index in [1.165, 1.54) is 0 Å². The van der Waals surface area contributed by atoms with Gasteiger partial charge in [0.25, 0.3) is 0 Å². The summed E-state index contributed by atoms with van der Waals surface area (Å²) in [5.74, 6) is -1.46. The van der Waals surface area contributed by atoms with Gasteiger partial charge in [-0.05, 0) is 43.5 Å². The van der Waals surface area contributed by atoms with Gasteiger partial charge in [0.05, 0.1) is 12.6 Å². The number of carbonyl (C=O) groups is 2. The smallest absolute Gasteiger partial charge is 0.313 e. The fourth-order valence-electron chi connectivity index (χ4n) is 1.76. The van der Waals surface area contributed by atoms with Gasteiger partial charge in [-0.2, -0.15) is 0 Å². The van der Waals surface area contributed by atoms with Crippen LogP contribution in [0.3, 0.4) is 0 Å². The Bertz CT molecular complexity index is 448. The lowest BCUT2D eigenvalue weighted by molar-refractivity contribution is -0.136. The van der Waals surface area contributed by atoms with Gasteiger partial charge in [0.2, 0.25) is 0 Å². The maximum atomic E-state index is 11.7. The minimum atomic E-state index is -0.736. The maximum Gasteiger partial charge on any atom is 0.313 e. The standard InChI is InChI=1S/C14H20N2O3/c1-4-11(8-17)15-13(18)14(19)16-12-6-9(2)5-10(3)7-12/h5-7,11,17H,4,8H2,1-3H3,(H,15,18)(H,16,19)/t11-/m0/s1. The molecule has 1 aromatic carbocycles. The Labute approximate surface area is 113 Å². The molecule has 3 N–H and O–H groups in total. The fraction of sp³-hybridized carbons (Fsp3) is 0.429. The molecule has 5 heteroatoms. The second-order valence-corrected chi connectivity index (χ2v) is 4.59. The van der Waals surface area contributed by atoms with E-state index < -0.39 is 17.9 Å². The Kier molecular flexibility index (Phi) is 5.51. The molecule has 1 aromatic rings. The predicted octanol–water partition coefficient (Wildman–Crippen LogP) is 1.13. The van der Waals surface area contributed by atoms with Gasteiger partial charge in [-0.3, -0.25) is 9.59 Å². The van der Waals surface area contributed by atoms with E-state index in [-0.39, 0.29) is 6.61 Å². The number of anilines is 1. The number of aliphatic hydroxyl groups is 1. The Morgan fingerprint density at radius 3 is 2.21 bits per heavy atom. The van der Waals surface area contributed by atoms with Crippen LogP contribution in [0.4, 0.5) is 5.69 Å².